The van der Waals surface area contributed by atoms with E-state index >= 15 is 0 Å². The molecule has 1 fully saturated rings. The SMILES string of the molecule is C#CCOc1ccc(/C=C2\SC(=S)N(CC(C)C)C2=O)cc1. The number of amides is 1. The third-order valence-corrected chi connectivity index (χ3v) is 4.30. The van der Waals surface area contributed by atoms with Crippen LogP contribution in [0.1, 0.15) is 19.4 Å². The largest absolute Gasteiger partial charge is 0.481 e. The Morgan fingerprint density at radius 3 is 2.68 bits per heavy atom. The van der Waals surface area contributed by atoms with Gasteiger partial charge in [-0.05, 0) is 29.7 Å². The highest BCUT2D eigenvalue weighted by Crippen LogP contribution is 2.33. The van der Waals surface area contributed by atoms with Gasteiger partial charge in [0.25, 0.3) is 5.91 Å². The van der Waals surface area contributed by atoms with Crippen molar-refractivity contribution in [3.05, 3.63) is 34.7 Å². The number of carbonyl (C=O) groups is 1. The van der Waals surface area contributed by atoms with Gasteiger partial charge in [-0.1, -0.05) is 55.9 Å². The summed E-state index contributed by atoms with van der Waals surface area (Å²) in [7, 11) is 0. The maximum Gasteiger partial charge on any atom is 0.266 e. The summed E-state index contributed by atoms with van der Waals surface area (Å²) in [5, 5.41) is 0. The molecule has 2 rings (SSSR count). The number of benzene rings is 1. The summed E-state index contributed by atoms with van der Waals surface area (Å²) in [6.45, 7) is 5.03. The quantitative estimate of drug-likeness (QED) is 0.469. The monoisotopic (exact) mass is 331 g/mol. The van der Waals surface area contributed by atoms with E-state index in [4.69, 9.17) is 23.4 Å². The lowest BCUT2D eigenvalue weighted by Gasteiger charge is -2.16. The van der Waals surface area contributed by atoms with Crippen molar-refractivity contribution in [3.8, 4) is 18.1 Å². The summed E-state index contributed by atoms with van der Waals surface area (Å²) >= 11 is 6.63. The van der Waals surface area contributed by atoms with Crippen molar-refractivity contribution in [1.82, 2.24) is 4.90 Å². The Morgan fingerprint density at radius 1 is 1.41 bits per heavy atom. The molecule has 1 aliphatic rings. The molecule has 0 bridgehead atoms. The number of hydrogen-bond donors (Lipinski definition) is 0. The molecule has 1 heterocycles. The highest BCUT2D eigenvalue weighted by molar-refractivity contribution is 8.26. The van der Waals surface area contributed by atoms with Crippen molar-refractivity contribution in [2.24, 2.45) is 5.92 Å². The molecule has 1 amide bonds. The number of terminal acetylenes is 1. The zero-order chi connectivity index (χ0) is 16.1. The second-order valence-corrected chi connectivity index (χ2v) is 6.92. The van der Waals surface area contributed by atoms with Crippen molar-refractivity contribution in [2.45, 2.75) is 13.8 Å². The molecular formula is C17H17NO2S2. The fourth-order valence-electron chi connectivity index (χ4n) is 1.96. The van der Waals surface area contributed by atoms with Gasteiger partial charge < -0.3 is 4.74 Å². The number of ether oxygens (including phenoxy) is 1. The van der Waals surface area contributed by atoms with E-state index in [0.29, 0.717) is 27.4 Å². The first kappa shape index (κ1) is 16.6. The number of thioether (sulfide) groups is 1. The summed E-state index contributed by atoms with van der Waals surface area (Å²) < 4.78 is 5.95. The van der Waals surface area contributed by atoms with Crippen LogP contribution in [0.15, 0.2) is 29.2 Å². The van der Waals surface area contributed by atoms with Crippen molar-refractivity contribution in [3.63, 3.8) is 0 Å². The van der Waals surface area contributed by atoms with E-state index in [9.17, 15) is 4.79 Å². The standard InChI is InChI=1S/C17H17NO2S2/c1-4-9-20-14-7-5-13(6-8-14)10-15-16(19)18(11-12(2)3)17(21)22-15/h1,5-8,10,12H,9,11H2,2-3H3/b15-10-. The Bertz CT molecular complexity index is 642. The second-order valence-electron chi connectivity index (χ2n) is 5.25. The predicted octanol–water partition coefficient (Wildman–Crippen LogP) is 3.56. The normalized spacial score (nSPS) is 16.5. The van der Waals surface area contributed by atoms with Crippen molar-refractivity contribution in [2.75, 3.05) is 13.2 Å². The first-order valence-corrected chi connectivity index (χ1v) is 8.15. The fraction of sp³-hybridized carbons (Fsp3) is 0.294. The van der Waals surface area contributed by atoms with Crippen molar-refractivity contribution >= 4 is 40.3 Å². The van der Waals surface area contributed by atoms with Gasteiger partial charge in [-0.25, -0.2) is 0 Å². The van der Waals surface area contributed by atoms with Crippen LogP contribution in [0.3, 0.4) is 0 Å². The van der Waals surface area contributed by atoms with Crippen LogP contribution >= 0.6 is 24.0 Å². The Morgan fingerprint density at radius 2 is 2.09 bits per heavy atom. The van der Waals surface area contributed by atoms with Gasteiger partial charge in [0.2, 0.25) is 0 Å². The lowest BCUT2D eigenvalue weighted by atomic mass is 10.2. The van der Waals surface area contributed by atoms with Gasteiger partial charge >= 0.3 is 0 Å². The van der Waals surface area contributed by atoms with E-state index in [0.717, 1.165) is 5.56 Å². The number of rotatable bonds is 5. The zero-order valence-electron chi connectivity index (χ0n) is 12.5. The molecule has 22 heavy (non-hydrogen) atoms. The van der Waals surface area contributed by atoms with Crippen LogP contribution in [0.2, 0.25) is 0 Å². The minimum Gasteiger partial charge on any atom is -0.481 e. The van der Waals surface area contributed by atoms with Crippen LogP contribution in [-0.2, 0) is 4.79 Å². The molecule has 0 atom stereocenters. The van der Waals surface area contributed by atoms with Gasteiger partial charge in [0.05, 0.1) is 4.91 Å². The van der Waals surface area contributed by atoms with Gasteiger partial charge in [-0.3, -0.25) is 9.69 Å². The molecule has 5 heteroatoms. The molecule has 0 saturated carbocycles. The minimum absolute atomic E-state index is 0.0173. The van der Waals surface area contributed by atoms with E-state index in [-0.39, 0.29) is 12.5 Å². The average Bonchev–Trinajstić information content (AvgIpc) is 2.74. The van der Waals surface area contributed by atoms with Crippen LogP contribution in [0, 0.1) is 18.3 Å². The van der Waals surface area contributed by atoms with Crippen LogP contribution in [-0.4, -0.2) is 28.3 Å². The van der Waals surface area contributed by atoms with Crippen LogP contribution in [0.4, 0.5) is 0 Å². The first-order valence-electron chi connectivity index (χ1n) is 6.93. The fourth-order valence-corrected chi connectivity index (χ4v) is 3.23. The molecule has 1 aromatic rings. The third kappa shape index (κ3) is 4.12. The summed E-state index contributed by atoms with van der Waals surface area (Å²) in [6.07, 6.45) is 7.00. The molecule has 0 spiro atoms. The van der Waals surface area contributed by atoms with E-state index in [1.54, 1.807) is 4.90 Å². The zero-order valence-corrected chi connectivity index (χ0v) is 14.2. The Balaban J connectivity index is 2.11. The topological polar surface area (TPSA) is 29.5 Å². The van der Waals surface area contributed by atoms with E-state index in [2.05, 4.69) is 19.8 Å². The van der Waals surface area contributed by atoms with Gasteiger partial charge in [-0.2, -0.15) is 0 Å². The van der Waals surface area contributed by atoms with E-state index < -0.39 is 0 Å². The molecule has 0 N–H and O–H groups in total. The van der Waals surface area contributed by atoms with Crippen molar-refractivity contribution < 1.29 is 9.53 Å². The molecule has 0 unspecified atom stereocenters. The summed E-state index contributed by atoms with van der Waals surface area (Å²) in [5.41, 5.74) is 0.929. The van der Waals surface area contributed by atoms with Crippen LogP contribution in [0.25, 0.3) is 6.08 Å². The molecular weight excluding hydrogens is 314 g/mol. The number of nitrogens with zero attached hydrogens (tertiary/aromatic N) is 1. The molecule has 114 valence electrons. The van der Waals surface area contributed by atoms with E-state index in [1.807, 2.05) is 30.3 Å². The molecule has 3 nitrogen and oxygen atoms in total. The summed E-state index contributed by atoms with van der Waals surface area (Å²) in [6, 6.07) is 7.44. The van der Waals surface area contributed by atoms with Crippen molar-refractivity contribution in [1.29, 1.82) is 0 Å². The summed E-state index contributed by atoms with van der Waals surface area (Å²) in [4.78, 5) is 14.7. The Labute approximate surface area is 140 Å². The highest BCUT2D eigenvalue weighted by atomic mass is 32.2. The van der Waals surface area contributed by atoms with Gasteiger partial charge in [-0.15, -0.1) is 6.42 Å². The van der Waals surface area contributed by atoms with Crippen LogP contribution in [0.5, 0.6) is 5.75 Å². The maximum atomic E-state index is 12.4. The lowest BCUT2D eigenvalue weighted by molar-refractivity contribution is -0.122. The Hall–Kier alpha value is -1.77. The lowest BCUT2D eigenvalue weighted by Crippen LogP contribution is -2.31. The van der Waals surface area contributed by atoms with Gasteiger partial charge in [0, 0.05) is 6.54 Å². The second kappa shape index (κ2) is 7.48. The molecule has 0 aromatic heterocycles. The smallest absolute Gasteiger partial charge is 0.266 e. The molecule has 0 radical (unpaired) electrons. The highest BCUT2D eigenvalue weighted by Gasteiger charge is 2.32. The van der Waals surface area contributed by atoms with Gasteiger partial charge in [0.1, 0.15) is 16.7 Å². The molecule has 1 saturated heterocycles. The van der Waals surface area contributed by atoms with Crippen LogP contribution < -0.4 is 4.74 Å². The van der Waals surface area contributed by atoms with Gasteiger partial charge in [0.15, 0.2) is 0 Å². The molecule has 1 aliphatic heterocycles. The third-order valence-electron chi connectivity index (χ3n) is 2.92. The molecule has 0 aliphatic carbocycles. The molecule has 1 aromatic carbocycles. The summed E-state index contributed by atoms with van der Waals surface area (Å²) in [5.74, 6) is 3.50. The number of carbonyl (C=O) groups excluding carboxylic acids is 1. The number of hydrogen-bond acceptors (Lipinski definition) is 4. The number of thiocarbonyl (C=S) groups is 1. The maximum absolute atomic E-state index is 12.4. The average molecular weight is 331 g/mol. The Kier molecular flexibility index (Phi) is 5.64. The first-order chi connectivity index (χ1) is 10.5. The van der Waals surface area contributed by atoms with E-state index in [1.165, 1.54) is 11.8 Å². The predicted molar refractivity (Wildman–Crippen MR) is 95.5 cm³/mol. The minimum atomic E-state index is -0.0173.